The lowest BCUT2D eigenvalue weighted by Crippen LogP contribution is -2.11. The first-order valence-electron chi connectivity index (χ1n) is 20.8. The Balaban J connectivity index is 0.999. The molecule has 0 atom stereocenters. The molecule has 10 aromatic carbocycles. The highest BCUT2D eigenvalue weighted by Crippen LogP contribution is 2.44. The van der Waals surface area contributed by atoms with Gasteiger partial charge in [0.2, 0.25) is 0 Å². The number of anilines is 3. The summed E-state index contributed by atoms with van der Waals surface area (Å²) in [4.78, 5) is 2.40. The quantitative estimate of drug-likeness (QED) is 0.161. The van der Waals surface area contributed by atoms with Gasteiger partial charge in [-0.2, -0.15) is 0 Å². The smallest absolute Gasteiger partial charge is 0.135 e. The Kier molecular flexibility index (Phi) is 8.17. The number of nitrogens with zero attached hydrogens (tertiary/aromatic N) is 2. The molecule has 3 nitrogen and oxygen atoms in total. The zero-order chi connectivity index (χ0) is 40.3. The molecule has 12 aromatic rings. The second-order valence-electron chi connectivity index (χ2n) is 15.7. The molecular formula is C58H38N2O. The van der Waals surface area contributed by atoms with Gasteiger partial charge in [-0.15, -0.1) is 0 Å². The monoisotopic (exact) mass is 778 g/mol. The van der Waals surface area contributed by atoms with Crippen molar-refractivity contribution in [3.63, 3.8) is 0 Å². The average Bonchev–Trinajstić information content (AvgIpc) is 3.88. The molecular weight excluding hydrogens is 741 g/mol. The Morgan fingerprint density at radius 3 is 1.75 bits per heavy atom. The molecule has 2 aromatic heterocycles. The first-order chi connectivity index (χ1) is 30.2. The second kappa shape index (κ2) is 14.3. The summed E-state index contributed by atoms with van der Waals surface area (Å²) in [5, 5.41) is 7.22. The fourth-order valence-electron chi connectivity index (χ4n) is 9.35. The van der Waals surface area contributed by atoms with Crippen molar-refractivity contribution in [2.45, 2.75) is 0 Å². The fourth-order valence-corrected chi connectivity index (χ4v) is 9.35. The molecule has 3 heteroatoms. The maximum atomic E-state index is 6.25. The molecule has 0 aliphatic heterocycles. The summed E-state index contributed by atoms with van der Waals surface area (Å²) in [6, 6.07) is 83.1. The van der Waals surface area contributed by atoms with Crippen LogP contribution >= 0.6 is 0 Å². The molecule has 61 heavy (non-hydrogen) atoms. The van der Waals surface area contributed by atoms with Crippen LogP contribution in [0.2, 0.25) is 0 Å². The zero-order valence-corrected chi connectivity index (χ0v) is 33.2. The molecule has 0 saturated heterocycles. The summed E-state index contributed by atoms with van der Waals surface area (Å²) >= 11 is 0. The Labute approximate surface area is 353 Å². The Bertz CT molecular complexity index is 3550. The summed E-state index contributed by atoms with van der Waals surface area (Å²) in [5.41, 5.74) is 15.5. The first kappa shape index (κ1) is 34.9. The van der Waals surface area contributed by atoms with E-state index < -0.39 is 0 Å². The van der Waals surface area contributed by atoms with Gasteiger partial charge >= 0.3 is 0 Å². The Morgan fingerprint density at radius 1 is 0.328 bits per heavy atom. The predicted molar refractivity (Wildman–Crippen MR) is 257 cm³/mol. The van der Waals surface area contributed by atoms with E-state index in [1.165, 1.54) is 43.7 Å². The SMILES string of the molecule is c1cc(-c2cccc3ccccc23)cc(N(c2ccc(-c3cccc(-n4c5ccccc5c5ccccc54)c3)cc2)c2ccccc2-c2ccc3oc4ccccc4c3c2)c1. The first-order valence-corrected chi connectivity index (χ1v) is 20.8. The summed E-state index contributed by atoms with van der Waals surface area (Å²) in [7, 11) is 0. The number of fused-ring (bicyclic) bond motifs is 7. The standard InChI is InChI=1S/C58H38N2O/c1-2-20-47-40(14-1)15-13-25-48(47)42-17-12-18-45(37-42)59(54-26-7-3-21-49(54)43-32-35-58-53(38-43)52-24-6-10-29-57(52)61-58)44-33-30-39(31-34-44)41-16-11-19-46(36-41)60-55-27-8-4-22-50(55)51-23-5-9-28-56(51)60/h1-38H. The summed E-state index contributed by atoms with van der Waals surface area (Å²) in [6.45, 7) is 0. The van der Waals surface area contributed by atoms with Crippen molar-refractivity contribution in [2.75, 3.05) is 4.90 Å². The lowest BCUT2D eigenvalue weighted by atomic mass is 9.97. The second-order valence-corrected chi connectivity index (χ2v) is 15.7. The van der Waals surface area contributed by atoms with Crippen LogP contribution in [0.3, 0.4) is 0 Å². The van der Waals surface area contributed by atoms with E-state index in [0.717, 1.165) is 66.9 Å². The van der Waals surface area contributed by atoms with Crippen LogP contribution in [-0.2, 0) is 0 Å². The molecule has 0 unspecified atom stereocenters. The van der Waals surface area contributed by atoms with Crippen molar-refractivity contribution in [1.82, 2.24) is 4.57 Å². The van der Waals surface area contributed by atoms with Crippen LogP contribution in [-0.4, -0.2) is 4.57 Å². The average molecular weight is 779 g/mol. The molecule has 0 saturated carbocycles. The van der Waals surface area contributed by atoms with E-state index in [-0.39, 0.29) is 0 Å². The zero-order valence-electron chi connectivity index (χ0n) is 33.2. The van der Waals surface area contributed by atoms with E-state index in [9.17, 15) is 0 Å². The number of aromatic nitrogens is 1. The number of benzene rings is 10. The van der Waals surface area contributed by atoms with Crippen LogP contribution in [0.15, 0.2) is 235 Å². The van der Waals surface area contributed by atoms with Gasteiger partial charge in [-0.1, -0.05) is 158 Å². The molecule has 0 aliphatic rings. The summed E-state index contributed by atoms with van der Waals surface area (Å²) in [6.07, 6.45) is 0. The number of furan rings is 1. The molecule has 0 radical (unpaired) electrons. The normalized spacial score (nSPS) is 11.6. The number of hydrogen-bond donors (Lipinski definition) is 0. The molecule has 0 bridgehead atoms. The number of para-hydroxylation sites is 4. The minimum Gasteiger partial charge on any atom is -0.456 e. The molecule has 0 amide bonds. The van der Waals surface area contributed by atoms with Crippen molar-refractivity contribution in [3.05, 3.63) is 231 Å². The van der Waals surface area contributed by atoms with Crippen molar-refractivity contribution in [3.8, 4) is 39.1 Å². The Morgan fingerprint density at radius 2 is 0.918 bits per heavy atom. The van der Waals surface area contributed by atoms with E-state index in [2.05, 4.69) is 228 Å². The van der Waals surface area contributed by atoms with Crippen LogP contribution in [0.5, 0.6) is 0 Å². The van der Waals surface area contributed by atoms with Gasteiger partial charge in [-0.3, -0.25) is 0 Å². The van der Waals surface area contributed by atoms with Gasteiger partial charge in [0, 0.05) is 44.2 Å². The van der Waals surface area contributed by atoms with E-state index in [1.54, 1.807) is 0 Å². The van der Waals surface area contributed by atoms with Crippen LogP contribution in [0.25, 0.3) is 93.6 Å². The molecule has 0 aliphatic carbocycles. The molecule has 286 valence electrons. The van der Waals surface area contributed by atoms with Crippen LogP contribution < -0.4 is 4.90 Å². The van der Waals surface area contributed by atoms with Gasteiger partial charge in [-0.05, 0) is 111 Å². The number of hydrogen-bond acceptors (Lipinski definition) is 2. The van der Waals surface area contributed by atoms with E-state index in [1.807, 2.05) is 12.1 Å². The predicted octanol–water partition coefficient (Wildman–Crippen LogP) is 16.3. The van der Waals surface area contributed by atoms with Gasteiger partial charge < -0.3 is 13.9 Å². The van der Waals surface area contributed by atoms with Gasteiger partial charge in [0.25, 0.3) is 0 Å². The minimum absolute atomic E-state index is 0.889. The minimum atomic E-state index is 0.889. The summed E-state index contributed by atoms with van der Waals surface area (Å²) in [5.74, 6) is 0. The van der Waals surface area contributed by atoms with E-state index in [4.69, 9.17) is 4.42 Å². The third kappa shape index (κ3) is 5.90. The summed E-state index contributed by atoms with van der Waals surface area (Å²) < 4.78 is 8.63. The maximum absolute atomic E-state index is 6.25. The van der Waals surface area contributed by atoms with Crippen molar-refractivity contribution in [1.29, 1.82) is 0 Å². The molecule has 0 N–H and O–H groups in total. The third-order valence-corrected chi connectivity index (χ3v) is 12.2. The number of rotatable bonds is 7. The van der Waals surface area contributed by atoms with Crippen LogP contribution in [0, 0.1) is 0 Å². The largest absolute Gasteiger partial charge is 0.456 e. The van der Waals surface area contributed by atoms with Crippen molar-refractivity contribution < 1.29 is 4.42 Å². The highest BCUT2D eigenvalue weighted by atomic mass is 16.3. The van der Waals surface area contributed by atoms with Gasteiger partial charge in [0.15, 0.2) is 0 Å². The van der Waals surface area contributed by atoms with Crippen LogP contribution in [0.4, 0.5) is 17.1 Å². The van der Waals surface area contributed by atoms with Gasteiger partial charge in [-0.25, -0.2) is 0 Å². The third-order valence-electron chi connectivity index (χ3n) is 12.2. The lowest BCUT2D eigenvalue weighted by Gasteiger charge is -2.28. The molecule has 0 spiro atoms. The van der Waals surface area contributed by atoms with Gasteiger partial charge in [0.05, 0.1) is 16.7 Å². The highest BCUT2D eigenvalue weighted by Gasteiger charge is 2.20. The van der Waals surface area contributed by atoms with E-state index in [0.29, 0.717) is 0 Å². The fraction of sp³-hybridized carbons (Fsp3) is 0. The topological polar surface area (TPSA) is 21.3 Å². The van der Waals surface area contributed by atoms with Crippen molar-refractivity contribution in [2.24, 2.45) is 0 Å². The highest BCUT2D eigenvalue weighted by molar-refractivity contribution is 6.10. The Hall–Kier alpha value is -8.14. The molecule has 0 fully saturated rings. The van der Waals surface area contributed by atoms with Crippen LogP contribution in [0.1, 0.15) is 0 Å². The molecule has 12 rings (SSSR count). The molecule has 2 heterocycles. The van der Waals surface area contributed by atoms with Gasteiger partial charge in [0.1, 0.15) is 11.2 Å². The lowest BCUT2D eigenvalue weighted by molar-refractivity contribution is 0.669. The van der Waals surface area contributed by atoms with E-state index >= 15 is 0 Å². The van der Waals surface area contributed by atoms with Crippen molar-refractivity contribution >= 4 is 71.6 Å². The maximum Gasteiger partial charge on any atom is 0.135 e.